The molecule has 1 rings (SSSR count). The van der Waals surface area contributed by atoms with Gasteiger partial charge in [0.25, 0.3) is 0 Å². The third-order valence-electron chi connectivity index (χ3n) is 1.24. The molecule has 0 aromatic carbocycles. The van der Waals surface area contributed by atoms with Gasteiger partial charge in [0.05, 0.1) is 9.67 Å². The number of hydrogen-bond acceptors (Lipinski definition) is 3. The van der Waals surface area contributed by atoms with E-state index in [0.29, 0.717) is 5.82 Å². The molecule has 0 radical (unpaired) electrons. The largest absolute Gasteiger partial charge is 0.490 e. The van der Waals surface area contributed by atoms with Crippen molar-refractivity contribution in [2.24, 2.45) is 0 Å². The Bertz CT molecular complexity index is 276. The van der Waals surface area contributed by atoms with E-state index in [1.54, 1.807) is 6.20 Å². The lowest BCUT2D eigenvalue weighted by atomic mass is 10.4. The molecule has 66 valence electrons. The first-order valence-corrected chi connectivity index (χ1v) is 4.75. The molecule has 0 spiro atoms. The maximum Gasteiger partial charge on any atom is 0.140 e. The van der Waals surface area contributed by atoms with E-state index in [2.05, 4.69) is 27.6 Å². The number of rotatable bonds is 2. The predicted molar refractivity (Wildman–Crippen MR) is 57.1 cm³/mol. The molecule has 0 saturated carbocycles. The van der Waals surface area contributed by atoms with Crippen LogP contribution in [0.25, 0.3) is 0 Å². The van der Waals surface area contributed by atoms with Crippen LogP contribution in [0.1, 0.15) is 13.8 Å². The lowest BCUT2D eigenvalue weighted by molar-refractivity contribution is 0.240. The highest BCUT2D eigenvalue weighted by Crippen LogP contribution is 2.24. The average Bonchev–Trinajstić information content (AvgIpc) is 1.98. The van der Waals surface area contributed by atoms with Crippen LogP contribution in [-0.2, 0) is 0 Å². The third kappa shape index (κ3) is 2.23. The number of nitrogens with zero attached hydrogens (tertiary/aromatic N) is 1. The molecule has 1 aromatic heterocycles. The van der Waals surface area contributed by atoms with Crippen LogP contribution in [0.2, 0.25) is 0 Å². The van der Waals surface area contributed by atoms with E-state index >= 15 is 0 Å². The van der Waals surface area contributed by atoms with Crippen molar-refractivity contribution in [2.45, 2.75) is 20.0 Å². The Labute approximate surface area is 85.5 Å². The zero-order valence-corrected chi connectivity index (χ0v) is 9.20. The Morgan fingerprint density at radius 3 is 2.83 bits per heavy atom. The minimum absolute atomic E-state index is 0.167. The monoisotopic (exact) mass is 278 g/mol. The number of pyridine rings is 1. The molecule has 0 fully saturated rings. The van der Waals surface area contributed by atoms with Crippen LogP contribution in [0.5, 0.6) is 5.75 Å². The molecule has 2 N–H and O–H groups in total. The summed E-state index contributed by atoms with van der Waals surface area (Å²) in [5.74, 6) is 1.33. The minimum atomic E-state index is 0.167. The van der Waals surface area contributed by atoms with Crippen molar-refractivity contribution in [3.05, 3.63) is 15.8 Å². The van der Waals surface area contributed by atoms with Crippen molar-refractivity contribution in [3.8, 4) is 5.75 Å². The Balaban J connectivity index is 2.92. The molecule has 12 heavy (non-hydrogen) atoms. The van der Waals surface area contributed by atoms with Crippen LogP contribution in [0.3, 0.4) is 0 Å². The summed E-state index contributed by atoms with van der Waals surface area (Å²) in [5, 5.41) is 0. The van der Waals surface area contributed by atoms with E-state index in [1.165, 1.54) is 0 Å². The smallest absolute Gasteiger partial charge is 0.140 e. The van der Waals surface area contributed by atoms with E-state index < -0.39 is 0 Å². The van der Waals surface area contributed by atoms with Crippen molar-refractivity contribution in [1.29, 1.82) is 0 Å². The van der Waals surface area contributed by atoms with E-state index in [-0.39, 0.29) is 6.10 Å². The first-order valence-electron chi connectivity index (χ1n) is 3.68. The Morgan fingerprint density at radius 2 is 2.25 bits per heavy atom. The molecular formula is C8H11IN2O. The molecular weight excluding hydrogens is 267 g/mol. The first-order chi connectivity index (χ1) is 5.61. The summed E-state index contributed by atoms with van der Waals surface area (Å²) in [6.45, 7) is 3.96. The zero-order chi connectivity index (χ0) is 9.14. The van der Waals surface area contributed by atoms with Crippen LogP contribution >= 0.6 is 22.6 Å². The highest BCUT2D eigenvalue weighted by molar-refractivity contribution is 14.1. The van der Waals surface area contributed by atoms with Crippen LogP contribution < -0.4 is 10.5 Å². The summed E-state index contributed by atoms with van der Waals surface area (Å²) in [6, 6.07) is 1.82. The normalized spacial score (nSPS) is 10.3. The Hall–Kier alpha value is -0.520. The van der Waals surface area contributed by atoms with Gasteiger partial charge in [0.15, 0.2) is 0 Å². The molecule has 0 aliphatic rings. The second-order valence-electron chi connectivity index (χ2n) is 2.67. The SMILES string of the molecule is CC(C)Oc1ccnc(N)c1I. The van der Waals surface area contributed by atoms with Crippen molar-refractivity contribution >= 4 is 28.4 Å². The highest BCUT2D eigenvalue weighted by atomic mass is 127. The summed E-state index contributed by atoms with van der Waals surface area (Å²) in [5.41, 5.74) is 5.60. The Morgan fingerprint density at radius 1 is 1.58 bits per heavy atom. The number of halogens is 1. The van der Waals surface area contributed by atoms with Gasteiger partial charge in [-0.05, 0) is 42.5 Å². The number of nitrogen functional groups attached to an aromatic ring is 1. The van der Waals surface area contributed by atoms with Gasteiger partial charge in [0.1, 0.15) is 11.6 Å². The molecule has 0 saturated heterocycles. The summed E-state index contributed by atoms with van der Waals surface area (Å²) in [4.78, 5) is 3.94. The van der Waals surface area contributed by atoms with Gasteiger partial charge < -0.3 is 10.5 Å². The van der Waals surface area contributed by atoms with Crippen molar-refractivity contribution in [3.63, 3.8) is 0 Å². The number of aromatic nitrogens is 1. The fourth-order valence-electron chi connectivity index (χ4n) is 0.786. The molecule has 0 aliphatic heterocycles. The van der Waals surface area contributed by atoms with Gasteiger partial charge in [-0.3, -0.25) is 0 Å². The van der Waals surface area contributed by atoms with Crippen molar-refractivity contribution in [2.75, 3.05) is 5.73 Å². The molecule has 0 aliphatic carbocycles. The molecule has 0 bridgehead atoms. The Kier molecular flexibility index (Phi) is 3.13. The first kappa shape index (κ1) is 9.57. The van der Waals surface area contributed by atoms with Gasteiger partial charge in [0.2, 0.25) is 0 Å². The van der Waals surface area contributed by atoms with Gasteiger partial charge >= 0.3 is 0 Å². The molecule has 3 nitrogen and oxygen atoms in total. The van der Waals surface area contributed by atoms with Crippen LogP contribution in [0, 0.1) is 3.57 Å². The molecule has 4 heteroatoms. The van der Waals surface area contributed by atoms with E-state index in [9.17, 15) is 0 Å². The minimum Gasteiger partial charge on any atom is -0.490 e. The summed E-state index contributed by atoms with van der Waals surface area (Å²) in [6.07, 6.45) is 1.81. The van der Waals surface area contributed by atoms with Crippen LogP contribution in [-0.4, -0.2) is 11.1 Å². The van der Waals surface area contributed by atoms with Gasteiger partial charge in [-0.1, -0.05) is 0 Å². The number of hydrogen-bond donors (Lipinski definition) is 1. The lowest BCUT2D eigenvalue weighted by Gasteiger charge is -2.11. The van der Waals surface area contributed by atoms with Crippen LogP contribution in [0.15, 0.2) is 12.3 Å². The standard InChI is InChI=1S/C8H11IN2O/c1-5(2)12-6-3-4-11-8(10)7(6)9/h3-5H,1-2H3,(H2,10,11). The van der Waals surface area contributed by atoms with Gasteiger partial charge in [-0.2, -0.15) is 0 Å². The molecule has 0 atom stereocenters. The second kappa shape index (κ2) is 3.93. The summed E-state index contributed by atoms with van der Waals surface area (Å²) in [7, 11) is 0. The summed E-state index contributed by atoms with van der Waals surface area (Å²) >= 11 is 2.13. The fourth-order valence-corrected chi connectivity index (χ4v) is 1.23. The highest BCUT2D eigenvalue weighted by Gasteiger charge is 2.05. The van der Waals surface area contributed by atoms with E-state index in [1.807, 2.05) is 19.9 Å². The zero-order valence-electron chi connectivity index (χ0n) is 7.04. The summed E-state index contributed by atoms with van der Waals surface area (Å²) < 4.78 is 6.38. The average molecular weight is 278 g/mol. The molecule has 0 unspecified atom stereocenters. The molecule has 0 amide bonds. The second-order valence-corrected chi connectivity index (χ2v) is 3.75. The topological polar surface area (TPSA) is 48.1 Å². The molecule has 1 heterocycles. The quantitative estimate of drug-likeness (QED) is 0.842. The van der Waals surface area contributed by atoms with Gasteiger partial charge in [-0.25, -0.2) is 4.98 Å². The van der Waals surface area contributed by atoms with Gasteiger partial charge in [-0.15, -0.1) is 0 Å². The maximum absolute atomic E-state index is 5.60. The number of nitrogens with two attached hydrogens (primary N) is 1. The predicted octanol–water partition coefficient (Wildman–Crippen LogP) is 2.06. The van der Waals surface area contributed by atoms with E-state index in [0.717, 1.165) is 9.32 Å². The number of ether oxygens (including phenoxy) is 1. The third-order valence-corrected chi connectivity index (χ3v) is 2.33. The van der Waals surface area contributed by atoms with Gasteiger partial charge in [0, 0.05) is 6.20 Å². The van der Waals surface area contributed by atoms with E-state index in [4.69, 9.17) is 10.5 Å². The fraction of sp³-hybridized carbons (Fsp3) is 0.375. The van der Waals surface area contributed by atoms with Crippen molar-refractivity contribution < 1.29 is 4.74 Å². The van der Waals surface area contributed by atoms with Crippen LogP contribution in [0.4, 0.5) is 5.82 Å². The van der Waals surface area contributed by atoms with Crippen molar-refractivity contribution in [1.82, 2.24) is 4.98 Å². The lowest BCUT2D eigenvalue weighted by Crippen LogP contribution is -2.08. The number of anilines is 1. The maximum atomic E-state index is 5.60. The molecule has 1 aromatic rings.